The van der Waals surface area contributed by atoms with Gasteiger partial charge in [0.1, 0.15) is 0 Å². The van der Waals surface area contributed by atoms with Gasteiger partial charge in [0.25, 0.3) is 0 Å². The molecule has 0 radical (unpaired) electrons. The third-order valence-electron chi connectivity index (χ3n) is 1.65. The Morgan fingerprint density at radius 2 is 0.882 bits per heavy atom. The van der Waals surface area contributed by atoms with Crippen LogP contribution in [-0.2, 0) is 9.47 Å². The van der Waals surface area contributed by atoms with Crippen molar-refractivity contribution in [3.8, 4) is 0 Å². The first-order valence-corrected chi connectivity index (χ1v) is 5.83. The van der Waals surface area contributed by atoms with Gasteiger partial charge in [-0.15, -0.1) is 0 Å². The largest absolute Gasteiger partial charge is 2.00 e. The van der Waals surface area contributed by atoms with Crippen molar-refractivity contribution in [3.05, 3.63) is 10.8 Å². The predicted molar refractivity (Wildman–Crippen MR) is 72.0 cm³/mol. The van der Waals surface area contributed by atoms with Crippen LogP contribution in [0.1, 0.15) is 25.7 Å². The Bertz CT molecular complexity index is 161. The summed E-state index contributed by atoms with van der Waals surface area (Å²) in [6, 6.07) is 0. The summed E-state index contributed by atoms with van der Waals surface area (Å²) in [6.07, 6.45) is 5.11. The van der Waals surface area contributed by atoms with E-state index in [4.69, 9.17) is 20.3 Å². The quantitative estimate of drug-likeness (QED) is 0.435. The first-order valence-electron chi connectivity index (χ1n) is 5.01. The molecule has 0 aromatic heterocycles. The average Bonchev–Trinajstić information content (AvgIpc) is 3.00. The van der Waals surface area contributed by atoms with E-state index in [0.29, 0.717) is 0 Å². The molecule has 2 fully saturated rings. The molecule has 4 nitrogen and oxygen atoms in total. The molecular weight excluding hydrogens is 417 g/mol. The van der Waals surface area contributed by atoms with Crippen molar-refractivity contribution in [2.45, 2.75) is 25.7 Å². The average molecular weight is 433 g/mol. The standard InChI is InChI=1S/2C4H8O.2CNS.Yb/c2*1-2-4-5-3-1;2*2-1-3;/h2*1-4H2;;;/q;;2*-1;+2. The number of nitrogens with zero attached hydrogens (tertiary/aromatic N) is 2. The van der Waals surface area contributed by atoms with Crippen LogP contribution in [0.4, 0.5) is 0 Å². The van der Waals surface area contributed by atoms with Gasteiger partial charge >= 0.3 is 46.9 Å². The van der Waals surface area contributed by atoms with Crippen molar-refractivity contribution in [1.29, 1.82) is 0 Å². The number of hydrogen-bond acceptors (Lipinski definition) is 4. The zero-order valence-electron chi connectivity index (χ0n) is 9.45. The van der Waals surface area contributed by atoms with Gasteiger partial charge < -0.3 is 20.3 Å². The van der Waals surface area contributed by atoms with Crippen molar-refractivity contribution in [1.82, 2.24) is 0 Å². The summed E-state index contributed by atoms with van der Waals surface area (Å²) < 4.78 is 9.89. The van der Waals surface area contributed by atoms with Gasteiger partial charge in [0.05, 0.1) is 0 Å². The van der Waals surface area contributed by atoms with E-state index in [-0.39, 0.29) is 46.9 Å². The molecule has 7 heteroatoms. The molecule has 0 unspecified atom stereocenters. The minimum Gasteiger partial charge on any atom is -0.753 e. The predicted octanol–water partition coefficient (Wildman–Crippen LogP) is 2.91. The van der Waals surface area contributed by atoms with Gasteiger partial charge in [-0.3, -0.25) is 0 Å². The maximum Gasteiger partial charge on any atom is 2.00 e. The van der Waals surface area contributed by atoms with E-state index in [1.54, 1.807) is 0 Å². The van der Waals surface area contributed by atoms with Crippen LogP contribution in [-0.4, -0.2) is 36.8 Å². The normalized spacial score (nSPS) is 15.1. The van der Waals surface area contributed by atoms with Gasteiger partial charge in [-0.2, -0.15) is 10.3 Å². The molecule has 0 aliphatic carbocycles. The molecule has 0 amide bonds. The molecule has 2 saturated heterocycles. The first kappa shape index (κ1) is 23.2. The second kappa shape index (κ2) is 25.8. The summed E-state index contributed by atoms with van der Waals surface area (Å²) in [7, 11) is 0. The molecule has 0 spiro atoms. The van der Waals surface area contributed by atoms with E-state index >= 15 is 0 Å². The molecule has 0 N–H and O–H groups in total. The second-order valence-corrected chi connectivity index (χ2v) is 3.19. The fourth-order valence-electron chi connectivity index (χ4n) is 1.02. The Hall–Kier alpha value is 1.04. The van der Waals surface area contributed by atoms with E-state index in [0.717, 1.165) is 26.4 Å². The summed E-state index contributed by atoms with van der Waals surface area (Å²) in [5, 5.41) is 16.9. The summed E-state index contributed by atoms with van der Waals surface area (Å²) in [4.78, 5) is 0. The zero-order chi connectivity index (χ0) is 12.5. The monoisotopic (exact) mass is 434 g/mol. The summed E-state index contributed by atoms with van der Waals surface area (Å²) in [5.41, 5.74) is 0. The Balaban J connectivity index is -0.000000157. The van der Waals surface area contributed by atoms with E-state index in [9.17, 15) is 0 Å². The molecule has 0 aromatic carbocycles. The molecular formula is C10H16N2O2S2Yb. The molecule has 2 aliphatic rings. The van der Waals surface area contributed by atoms with Gasteiger partial charge in [-0.05, 0) is 25.7 Å². The van der Waals surface area contributed by atoms with E-state index in [1.807, 2.05) is 0 Å². The van der Waals surface area contributed by atoms with Gasteiger partial charge in [-0.1, -0.05) is 24.4 Å². The van der Waals surface area contributed by atoms with E-state index in [1.165, 1.54) is 36.0 Å². The number of hydrogen-bond donors (Lipinski definition) is 0. The van der Waals surface area contributed by atoms with Crippen molar-refractivity contribution in [2.24, 2.45) is 0 Å². The minimum absolute atomic E-state index is 0. The second-order valence-electron chi connectivity index (χ2n) is 2.82. The van der Waals surface area contributed by atoms with Crippen LogP contribution >= 0.6 is 24.4 Å². The molecule has 2 rings (SSSR count). The molecule has 0 atom stereocenters. The van der Waals surface area contributed by atoms with Gasteiger partial charge in [0.2, 0.25) is 0 Å². The molecule has 0 aromatic rings. The Kier molecular flexibility index (Phi) is 35.1. The first-order chi connectivity index (χ1) is 7.83. The molecule has 2 aliphatic heterocycles. The van der Waals surface area contributed by atoms with Crippen molar-refractivity contribution < 1.29 is 56.4 Å². The van der Waals surface area contributed by atoms with Crippen LogP contribution in [0.3, 0.4) is 0 Å². The van der Waals surface area contributed by atoms with Gasteiger partial charge in [0, 0.05) is 26.4 Å². The third-order valence-corrected chi connectivity index (χ3v) is 1.65. The smallest absolute Gasteiger partial charge is 0.753 e. The summed E-state index contributed by atoms with van der Waals surface area (Å²) in [5.74, 6) is 0. The zero-order valence-corrected chi connectivity index (χ0v) is 12.8. The SMILES string of the molecule is C1CCOC1.C1CCOC1.[N-]=C=S.[N-]=C=S.[Yb+2]. The van der Waals surface area contributed by atoms with Gasteiger partial charge in [-0.25, -0.2) is 0 Å². The van der Waals surface area contributed by atoms with Crippen molar-refractivity contribution in [3.63, 3.8) is 0 Å². The third kappa shape index (κ3) is 31.6. The van der Waals surface area contributed by atoms with Crippen molar-refractivity contribution in [2.75, 3.05) is 26.4 Å². The van der Waals surface area contributed by atoms with Gasteiger partial charge in [0.15, 0.2) is 0 Å². The van der Waals surface area contributed by atoms with E-state index < -0.39 is 0 Å². The van der Waals surface area contributed by atoms with Crippen LogP contribution in [0.2, 0.25) is 0 Å². The fourth-order valence-corrected chi connectivity index (χ4v) is 1.02. The molecule has 104 valence electrons. The van der Waals surface area contributed by atoms with Crippen LogP contribution in [0.15, 0.2) is 0 Å². The Morgan fingerprint density at radius 1 is 0.706 bits per heavy atom. The topological polar surface area (TPSA) is 63.1 Å². The Morgan fingerprint density at radius 3 is 0.941 bits per heavy atom. The number of ether oxygens (including phenoxy) is 2. The fraction of sp³-hybridized carbons (Fsp3) is 0.800. The number of thiocarbonyl (C=S) groups is 2. The molecule has 2 heterocycles. The maximum absolute atomic E-state index is 7.13. The van der Waals surface area contributed by atoms with Crippen molar-refractivity contribution >= 4 is 34.8 Å². The van der Waals surface area contributed by atoms with Crippen LogP contribution < -0.4 is 0 Å². The van der Waals surface area contributed by atoms with Crippen LogP contribution in [0.25, 0.3) is 10.8 Å². The Labute approximate surface area is 152 Å². The van der Waals surface area contributed by atoms with E-state index in [2.05, 4.69) is 24.4 Å². The maximum atomic E-state index is 7.13. The summed E-state index contributed by atoms with van der Waals surface area (Å²) in [6.45, 7) is 4.00. The molecule has 0 saturated carbocycles. The summed E-state index contributed by atoms with van der Waals surface area (Å²) >= 11 is 7.40. The molecule has 17 heavy (non-hydrogen) atoms. The van der Waals surface area contributed by atoms with Crippen LogP contribution in [0.5, 0.6) is 0 Å². The minimum atomic E-state index is 0. The molecule has 0 bridgehead atoms. The number of rotatable bonds is 0. The van der Waals surface area contributed by atoms with Crippen LogP contribution in [0, 0.1) is 46.9 Å². The number of isothiocyanates is 2.